The molecule has 4 aromatic rings. The van der Waals surface area contributed by atoms with Crippen LogP contribution in [0.25, 0.3) is 18.2 Å². The van der Waals surface area contributed by atoms with Crippen LogP contribution in [0.1, 0.15) is 34.8 Å². The molecule has 8 rings (SSSR count). The standard InChI is InChI=1S/C54H56O28/c55-26-8-1-23(2-9-26)4-13-39(62)74-21-37-44(67)47(70)51(82-53-49(72)46(69)42(65)35(80-53)20-73-40(63)14-5-24-3-12-30(58)31(59)15-24)54(81-37)78-34-18-29-32(76-50(34)25-6-10-27(56)11-7-25)16-28(57)17-33(29)77-52-48(71)45(68)43(66)36(79-52)22-75-41(64)19-38(60)61/h1-18,35-37,42-59,65-72H,19-22H2,(H,60,61)/b13-4+,14-5+/t35-,36-,37-,42-,43-,44-,45+,46+,47+,48-,49-,50?,51-,52-,53+,54-/m1/s1. The number of carbonyl (C=O) groups is 4. The monoisotopic (exact) mass is 1150 g/mol. The predicted octanol–water partition coefficient (Wildman–Crippen LogP) is -0.937. The molecule has 4 aromatic carbocycles. The van der Waals surface area contributed by atoms with Crippen molar-refractivity contribution in [1.29, 1.82) is 0 Å². The number of hydrogen-bond acceptors (Lipinski definition) is 27. The van der Waals surface area contributed by atoms with Gasteiger partial charge in [-0.15, -0.1) is 0 Å². The zero-order chi connectivity index (χ0) is 59.1. The lowest BCUT2D eigenvalue weighted by Crippen LogP contribution is -2.64. The molecule has 0 aromatic heterocycles. The molecule has 0 saturated carbocycles. The summed E-state index contributed by atoms with van der Waals surface area (Å²) in [6, 6.07) is 16.9. The summed E-state index contributed by atoms with van der Waals surface area (Å²) in [6.45, 7) is -2.40. The van der Waals surface area contributed by atoms with Crippen LogP contribution in [-0.2, 0) is 57.1 Å². The van der Waals surface area contributed by atoms with Crippen LogP contribution in [0, 0.1) is 0 Å². The van der Waals surface area contributed by atoms with Crippen molar-refractivity contribution >= 4 is 42.1 Å². The average molecular weight is 1150 g/mol. The molecule has 0 bridgehead atoms. The minimum Gasteiger partial charge on any atom is -0.508 e. The Morgan fingerprint density at radius 1 is 0.512 bits per heavy atom. The van der Waals surface area contributed by atoms with Crippen LogP contribution < -0.4 is 9.47 Å². The number of fused-ring (bicyclic) bond motifs is 1. The lowest BCUT2D eigenvalue weighted by atomic mass is 9.97. The zero-order valence-corrected chi connectivity index (χ0v) is 42.4. The number of esters is 3. The summed E-state index contributed by atoms with van der Waals surface area (Å²) in [5, 5.41) is 148. The van der Waals surface area contributed by atoms with Crippen LogP contribution in [0.4, 0.5) is 0 Å². The maximum Gasteiger partial charge on any atom is 0.330 e. The summed E-state index contributed by atoms with van der Waals surface area (Å²) in [4.78, 5) is 48.8. The van der Waals surface area contributed by atoms with Gasteiger partial charge in [-0.1, -0.05) is 30.3 Å². The number of carboxylic acid groups (broad SMARTS) is 1. The molecular weight excluding hydrogens is 1100 g/mol. The number of hydrogen-bond donors (Lipinski definition) is 14. The van der Waals surface area contributed by atoms with E-state index in [1.54, 1.807) is 0 Å². The highest BCUT2D eigenvalue weighted by Gasteiger charge is 2.53. The largest absolute Gasteiger partial charge is 0.508 e. The van der Waals surface area contributed by atoms with E-state index in [0.29, 0.717) is 5.56 Å². The minimum absolute atomic E-state index is 0.0350. The number of benzene rings is 4. The van der Waals surface area contributed by atoms with Gasteiger partial charge in [0.05, 0.1) is 5.56 Å². The van der Waals surface area contributed by atoms with Gasteiger partial charge in [-0.3, -0.25) is 9.59 Å². The van der Waals surface area contributed by atoms with Gasteiger partial charge >= 0.3 is 23.9 Å². The predicted molar refractivity (Wildman–Crippen MR) is 269 cm³/mol. The molecule has 0 radical (unpaired) electrons. The fourth-order valence-corrected chi connectivity index (χ4v) is 8.65. The molecule has 28 nitrogen and oxygen atoms in total. The van der Waals surface area contributed by atoms with Crippen LogP contribution in [-0.4, -0.2) is 207 Å². The van der Waals surface area contributed by atoms with Gasteiger partial charge < -0.3 is 119 Å². The van der Waals surface area contributed by atoms with Crippen molar-refractivity contribution in [3.63, 3.8) is 0 Å². The highest BCUT2D eigenvalue weighted by atomic mass is 16.8. The molecule has 3 saturated heterocycles. The first kappa shape index (κ1) is 60.0. The van der Waals surface area contributed by atoms with E-state index in [-0.39, 0.29) is 45.4 Å². The number of carboxylic acids is 1. The first-order valence-electron chi connectivity index (χ1n) is 24.9. The van der Waals surface area contributed by atoms with Crippen LogP contribution >= 0.6 is 0 Å². The Hall–Kier alpha value is -8.10. The third-order valence-corrected chi connectivity index (χ3v) is 13.0. The van der Waals surface area contributed by atoms with Gasteiger partial charge in [-0.25, -0.2) is 9.59 Å². The SMILES string of the molecule is O=C(O)CC(=O)OC[C@H]1O[C@@H](Oc2cc(O)cc3c2C=C(O[C@@H]2O[C@H](COC(=O)/C=C/c4ccc(O)cc4)[C@@H](O)[C@H](O)[C@H]2O[C@@H]2O[C@H](COC(=O)/C=C/c4ccc(O)c(O)c4)[C@@H](O)[C@H](O)[C@H]2O)C(c2ccc(O)cc2)O3)[C@H](O)[C@@H](O)[C@@H]1O. The summed E-state index contributed by atoms with van der Waals surface area (Å²) < 4.78 is 57.9. The maximum atomic E-state index is 13.0. The molecule has 0 amide bonds. The molecule has 0 aliphatic carbocycles. The molecule has 4 aliphatic heterocycles. The molecule has 440 valence electrons. The van der Waals surface area contributed by atoms with E-state index in [2.05, 4.69) is 0 Å². The van der Waals surface area contributed by atoms with Crippen molar-refractivity contribution in [1.82, 2.24) is 0 Å². The number of carbonyl (C=O) groups excluding carboxylic acids is 3. The zero-order valence-electron chi connectivity index (χ0n) is 42.4. The van der Waals surface area contributed by atoms with Gasteiger partial charge in [0, 0.05) is 29.8 Å². The van der Waals surface area contributed by atoms with Crippen molar-refractivity contribution in [2.24, 2.45) is 0 Å². The number of ether oxygens (including phenoxy) is 10. The van der Waals surface area contributed by atoms with Gasteiger partial charge in [0.25, 0.3) is 0 Å². The number of phenols is 5. The molecule has 16 atom stereocenters. The second kappa shape index (κ2) is 26.2. The second-order valence-corrected chi connectivity index (χ2v) is 18.9. The molecule has 0 spiro atoms. The van der Waals surface area contributed by atoms with Gasteiger partial charge in [-0.05, 0) is 65.8 Å². The van der Waals surface area contributed by atoms with E-state index < -0.39 is 166 Å². The summed E-state index contributed by atoms with van der Waals surface area (Å²) in [6.07, 6.45) is -26.1. The van der Waals surface area contributed by atoms with E-state index >= 15 is 0 Å². The van der Waals surface area contributed by atoms with Crippen molar-refractivity contribution in [3.8, 4) is 40.2 Å². The van der Waals surface area contributed by atoms with Gasteiger partial charge in [0.15, 0.2) is 30.0 Å². The van der Waals surface area contributed by atoms with Gasteiger partial charge in [-0.2, -0.15) is 0 Å². The van der Waals surface area contributed by atoms with E-state index in [1.165, 1.54) is 78.9 Å². The van der Waals surface area contributed by atoms with E-state index in [1.807, 2.05) is 0 Å². The number of aliphatic carboxylic acids is 1. The maximum absolute atomic E-state index is 13.0. The van der Waals surface area contributed by atoms with E-state index in [9.17, 15) is 85.6 Å². The number of phenolic OH excluding ortho intramolecular Hbond substituents is 5. The van der Waals surface area contributed by atoms with Crippen LogP contribution in [0.2, 0.25) is 0 Å². The normalized spacial score (nSPS) is 29.9. The van der Waals surface area contributed by atoms with Crippen LogP contribution in [0.5, 0.6) is 40.2 Å². The Balaban J connectivity index is 1.10. The lowest BCUT2D eigenvalue weighted by Gasteiger charge is -2.46. The fraction of sp³-hybridized carbons (Fsp3) is 0.370. The Bertz CT molecular complexity index is 3000. The van der Waals surface area contributed by atoms with Crippen molar-refractivity contribution in [2.45, 2.75) is 105 Å². The quantitative estimate of drug-likeness (QED) is 0.0177. The Labute approximate surface area is 462 Å². The minimum atomic E-state index is -2.15. The molecular formula is C54H56O28. The molecule has 1 unspecified atom stereocenters. The fourth-order valence-electron chi connectivity index (χ4n) is 8.65. The number of aliphatic hydroxyl groups excluding tert-OH is 8. The summed E-state index contributed by atoms with van der Waals surface area (Å²) in [5.41, 5.74) is 0.856. The Morgan fingerprint density at radius 3 is 1.63 bits per heavy atom. The highest BCUT2D eigenvalue weighted by molar-refractivity contribution is 5.90. The second-order valence-electron chi connectivity index (χ2n) is 18.9. The molecule has 14 N–H and O–H groups in total. The smallest absolute Gasteiger partial charge is 0.330 e. The molecule has 4 aliphatic rings. The third-order valence-electron chi connectivity index (χ3n) is 13.0. The summed E-state index contributed by atoms with van der Waals surface area (Å²) >= 11 is 0. The van der Waals surface area contributed by atoms with Crippen LogP contribution in [0.3, 0.4) is 0 Å². The van der Waals surface area contributed by atoms with Gasteiger partial charge in [0.1, 0.15) is 128 Å². The number of aromatic hydroxyl groups is 5. The molecule has 4 heterocycles. The average Bonchev–Trinajstić information content (AvgIpc) is 3.64. The third kappa shape index (κ3) is 14.5. The number of rotatable bonds is 19. The molecule has 82 heavy (non-hydrogen) atoms. The van der Waals surface area contributed by atoms with Crippen molar-refractivity contribution in [2.75, 3.05) is 19.8 Å². The van der Waals surface area contributed by atoms with Gasteiger partial charge in [0.2, 0.25) is 12.6 Å². The van der Waals surface area contributed by atoms with E-state index in [4.69, 9.17) is 52.5 Å². The van der Waals surface area contributed by atoms with Crippen molar-refractivity contribution < 1.29 is 138 Å². The van der Waals surface area contributed by atoms with Crippen LogP contribution in [0.15, 0.2) is 96.8 Å². The first-order chi connectivity index (χ1) is 39.0. The van der Waals surface area contributed by atoms with Crippen molar-refractivity contribution in [3.05, 3.63) is 119 Å². The summed E-state index contributed by atoms with van der Waals surface area (Å²) in [7, 11) is 0. The lowest BCUT2D eigenvalue weighted by molar-refractivity contribution is -0.364. The Morgan fingerprint density at radius 2 is 1.04 bits per heavy atom. The molecule has 28 heteroatoms. The highest BCUT2D eigenvalue weighted by Crippen LogP contribution is 2.46. The summed E-state index contributed by atoms with van der Waals surface area (Å²) in [5.74, 6) is -7.25. The molecule has 3 fully saturated rings. The van der Waals surface area contributed by atoms with E-state index in [0.717, 1.165) is 30.4 Å². The Kier molecular flexibility index (Phi) is 19.2. The number of aliphatic hydroxyl groups is 8. The topological polar surface area (TPSA) is 444 Å². The first-order valence-corrected chi connectivity index (χ1v) is 24.9.